The Morgan fingerprint density at radius 1 is 0.683 bits per heavy atom. The Morgan fingerprint density at radius 3 is 2.10 bits per heavy atom. The fourth-order valence-electron chi connectivity index (χ4n) is 9.57. The van der Waals surface area contributed by atoms with Crippen molar-refractivity contribution in [1.29, 1.82) is 0 Å². The number of hydrogen-bond donors (Lipinski definition) is 1. The van der Waals surface area contributed by atoms with Gasteiger partial charge in [0.2, 0.25) is 0 Å². The van der Waals surface area contributed by atoms with Gasteiger partial charge in [-0.1, -0.05) is 111 Å². The normalized spacial score (nSPS) is 20.5. The van der Waals surface area contributed by atoms with Crippen LogP contribution in [0.15, 0.2) is 181 Å². The number of fused-ring (bicyclic) bond motifs is 3. The van der Waals surface area contributed by atoms with Gasteiger partial charge in [0.1, 0.15) is 0 Å². The van der Waals surface area contributed by atoms with E-state index in [1.807, 2.05) is 89.9 Å². The number of nitrogens with zero attached hydrogens (tertiary/aromatic N) is 2. The van der Waals surface area contributed by atoms with E-state index in [0.29, 0.717) is 17.7 Å². The molecule has 5 aromatic rings. The van der Waals surface area contributed by atoms with Gasteiger partial charge < -0.3 is 15.1 Å². The van der Waals surface area contributed by atoms with Gasteiger partial charge >= 0.3 is 12.4 Å². The van der Waals surface area contributed by atoms with Crippen molar-refractivity contribution < 1.29 is 26.3 Å². The second-order valence-corrected chi connectivity index (χ2v) is 17.3. The lowest BCUT2D eigenvalue weighted by atomic mass is 9.75. The summed E-state index contributed by atoms with van der Waals surface area (Å²) in [5.41, 5.74) is 8.86. The molecule has 0 radical (unpaired) electrons. The number of nitrogens with one attached hydrogen (secondary N) is 1. The average molecular weight is 852 g/mol. The van der Waals surface area contributed by atoms with E-state index in [2.05, 4.69) is 60.8 Å². The van der Waals surface area contributed by atoms with Crippen molar-refractivity contribution >= 4 is 34.0 Å². The molecule has 9 heteroatoms. The molecule has 9 rings (SSSR count). The highest BCUT2D eigenvalue weighted by atomic mass is 19.4. The Hall–Kier alpha value is -6.48. The zero-order valence-corrected chi connectivity index (χ0v) is 35.2. The minimum absolute atomic E-state index is 0.0808. The highest BCUT2D eigenvalue weighted by molar-refractivity contribution is 5.81. The summed E-state index contributed by atoms with van der Waals surface area (Å²) in [7, 11) is 0. The first-order valence-corrected chi connectivity index (χ1v) is 21.3. The first-order chi connectivity index (χ1) is 30.2. The van der Waals surface area contributed by atoms with Crippen LogP contribution in [0.5, 0.6) is 0 Å². The summed E-state index contributed by atoms with van der Waals surface area (Å²) in [5.74, 6) is 0.259. The van der Waals surface area contributed by atoms with E-state index in [-0.39, 0.29) is 30.5 Å². The molecular formula is C54H47F6N3. The molecule has 1 N–H and O–H groups in total. The number of anilines is 5. The van der Waals surface area contributed by atoms with Crippen LogP contribution in [0.4, 0.5) is 54.8 Å². The molecule has 1 heterocycles. The fraction of sp³-hybridized carbons (Fsp3) is 0.222. The van der Waals surface area contributed by atoms with Gasteiger partial charge in [-0.15, -0.1) is 0 Å². The lowest BCUT2D eigenvalue weighted by Crippen LogP contribution is -2.39. The zero-order chi connectivity index (χ0) is 44.1. The molecule has 1 aliphatic heterocycles. The number of halogens is 6. The van der Waals surface area contributed by atoms with Gasteiger partial charge in [0.15, 0.2) is 0 Å². The van der Waals surface area contributed by atoms with E-state index in [0.717, 1.165) is 68.8 Å². The first kappa shape index (κ1) is 41.9. The standard InChI is InChI=1S/C54H47F6N3/c1-35-11-9-15-44(31-35)63(51-36(2)12-10-16-47(51)53(55,56)57)43-26-20-38(21-27-43)40-23-29-49-46(33-40)45-32-39(22-28-48(45)61-49)37-18-24-42(25-19-37)62(41-13-5-4-6-14-41)34-52(3)30-8-7-17-50(52)54(58,59)60/h4-29,33,35,45,61H,30-32,34H2,1-3H3. The van der Waals surface area contributed by atoms with Crippen LogP contribution in [0.3, 0.4) is 0 Å². The second-order valence-electron chi connectivity index (χ2n) is 17.3. The van der Waals surface area contributed by atoms with Gasteiger partial charge in [0, 0.05) is 57.6 Å². The van der Waals surface area contributed by atoms with E-state index >= 15 is 0 Å². The van der Waals surface area contributed by atoms with Gasteiger partial charge in [0.05, 0.1) is 11.3 Å². The molecule has 320 valence electrons. The molecule has 4 aliphatic rings. The van der Waals surface area contributed by atoms with Crippen molar-refractivity contribution in [1.82, 2.24) is 0 Å². The van der Waals surface area contributed by atoms with Gasteiger partial charge in [-0.05, 0) is 132 Å². The summed E-state index contributed by atoms with van der Waals surface area (Å²) < 4.78 is 86.4. The van der Waals surface area contributed by atoms with E-state index < -0.39 is 28.9 Å². The molecule has 0 bridgehead atoms. The molecule has 3 unspecified atom stereocenters. The molecule has 0 saturated heterocycles. The minimum atomic E-state index is -4.53. The minimum Gasteiger partial charge on any atom is -0.358 e. The van der Waals surface area contributed by atoms with Crippen LogP contribution in [0.2, 0.25) is 0 Å². The van der Waals surface area contributed by atoms with Crippen LogP contribution in [-0.4, -0.2) is 12.7 Å². The highest BCUT2D eigenvalue weighted by Crippen LogP contribution is 2.50. The third kappa shape index (κ3) is 8.29. The van der Waals surface area contributed by atoms with Crippen molar-refractivity contribution in [2.75, 3.05) is 21.7 Å². The van der Waals surface area contributed by atoms with Crippen molar-refractivity contribution in [2.45, 2.75) is 58.3 Å². The number of alkyl halides is 6. The topological polar surface area (TPSA) is 18.5 Å². The molecule has 0 amide bonds. The number of allylic oxidation sites excluding steroid dienone is 11. The number of aryl methyl sites for hydroxylation is 1. The molecule has 0 spiro atoms. The molecule has 0 aromatic heterocycles. The summed E-state index contributed by atoms with van der Waals surface area (Å²) in [6.07, 6.45) is 7.31. The second kappa shape index (κ2) is 16.3. The third-order valence-corrected chi connectivity index (χ3v) is 12.8. The van der Waals surface area contributed by atoms with E-state index in [1.54, 1.807) is 24.8 Å². The molecule has 0 fully saturated rings. The highest BCUT2D eigenvalue weighted by Gasteiger charge is 2.46. The zero-order valence-electron chi connectivity index (χ0n) is 35.2. The smallest absolute Gasteiger partial charge is 0.358 e. The summed E-state index contributed by atoms with van der Waals surface area (Å²) >= 11 is 0. The SMILES string of the molecule is Cc1cccc(C(F)(F)F)c1N(C1=CC=CC(C)C1)c1ccc(-c2ccc3c(c2)C2CC(c4ccc(N(CC5(C)CC=CC=C5C(F)(F)F)c5ccccc5)cc4)=CC=C2N3)cc1. The Labute approximate surface area is 364 Å². The lowest BCUT2D eigenvalue weighted by Gasteiger charge is -2.40. The van der Waals surface area contributed by atoms with Crippen LogP contribution in [0, 0.1) is 18.3 Å². The molecule has 0 saturated carbocycles. The summed E-state index contributed by atoms with van der Waals surface area (Å²) in [4.78, 5) is 3.75. The quantitative estimate of drug-likeness (QED) is 0.149. The Kier molecular flexibility index (Phi) is 10.8. The molecule has 5 aromatic carbocycles. The monoisotopic (exact) mass is 851 g/mol. The Bertz CT molecular complexity index is 2720. The van der Waals surface area contributed by atoms with Crippen molar-refractivity contribution in [3.63, 3.8) is 0 Å². The van der Waals surface area contributed by atoms with Crippen LogP contribution in [0.25, 0.3) is 16.7 Å². The van der Waals surface area contributed by atoms with Gasteiger partial charge in [-0.2, -0.15) is 26.3 Å². The third-order valence-electron chi connectivity index (χ3n) is 12.8. The molecule has 63 heavy (non-hydrogen) atoms. The van der Waals surface area contributed by atoms with Crippen molar-refractivity contribution in [2.24, 2.45) is 11.3 Å². The molecule has 3 nitrogen and oxygen atoms in total. The maximum absolute atomic E-state index is 14.5. The summed E-state index contributed by atoms with van der Waals surface area (Å²) in [5, 5.41) is 3.60. The maximum atomic E-state index is 14.5. The van der Waals surface area contributed by atoms with Crippen LogP contribution in [-0.2, 0) is 6.18 Å². The van der Waals surface area contributed by atoms with Gasteiger partial charge in [0.25, 0.3) is 0 Å². The Morgan fingerprint density at radius 2 is 1.38 bits per heavy atom. The largest absolute Gasteiger partial charge is 0.418 e. The van der Waals surface area contributed by atoms with Crippen molar-refractivity contribution in [3.05, 3.63) is 203 Å². The molecular weight excluding hydrogens is 805 g/mol. The van der Waals surface area contributed by atoms with E-state index in [1.165, 1.54) is 18.2 Å². The predicted octanol–water partition coefficient (Wildman–Crippen LogP) is 15.8. The first-order valence-electron chi connectivity index (χ1n) is 21.3. The molecule has 3 aliphatic carbocycles. The number of rotatable bonds is 9. The fourth-order valence-corrected chi connectivity index (χ4v) is 9.57. The van der Waals surface area contributed by atoms with Crippen LogP contribution >= 0.6 is 0 Å². The van der Waals surface area contributed by atoms with E-state index in [9.17, 15) is 26.3 Å². The average Bonchev–Trinajstić information content (AvgIpc) is 3.63. The van der Waals surface area contributed by atoms with Crippen LogP contribution in [0.1, 0.15) is 61.3 Å². The van der Waals surface area contributed by atoms with Gasteiger partial charge in [-0.25, -0.2) is 0 Å². The maximum Gasteiger partial charge on any atom is 0.418 e. The number of para-hydroxylation sites is 2. The molecule has 3 atom stereocenters. The van der Waals surface area contributed by atoms with Crippen molar-refractivity contribution in [3.8, 4) is 11.1 Å². The Balaban J connectivity index is 0.971. The van der Waals surface area contributed by atoms with E-state index in [4.69, 9.17) is 0 Å². The lowest BCUT2D eigenvalue weighted by molar-refractivity contribution is -0.137. The van der Waals surface area contributed by atoms with Crippen LogP contribution < -0.4 is 15.1 Å². The summed E-state index contributed by atoms with van der Waals surface area (Å²) in [6.45, 7) is 5.63. The number of hydrogen-bond acceptors (Lipinski definition) is 3. The number of benzene rings is 5. The summed E-state index contributed by atoms with van der Waals surface area (Å²) in [6, 6.07) is 36.1. The van der Waals surface area contributed by atoms with Gasteiger partial charge in [-0.3, -0.25) is 0 Å². The predicted molar refractivity (Wildman–Crippen MR) is 244 cm³/mol.